The minimum atomic E-state index is -4.43. The molecule has 8 heteroatoms. The molecule has 4 nitrogen and oxygen atoms in total. The van der Waals surface area contributed by atoms with E-state index >= 15 is 0 Å². The van der Waals surface area contributed by atoms with E-state index in [0.717, 1.165) is 11.1 Å². The number of halogens is 4. The Morgan fingerprint density at radius 2 is 1.85 bits per heavy atom. The zero-order chi connectivity index (χ0) is 19.2. The van der Waals surface area contributed by atoms with E-state index in [-0.39, 0.29) is 30.6 Å². The van der Waals surface area contributed by atoms with Crippen LogP contribution in [0.15, 0.2) is 48.5 Å². The van der Waals surface area contributed by atoms with Crippen LogP contribution in [0.1, 0.15) is 16.7 Å². The summed E-state index contributed by atoms with van der Waals surface area (Å²) in [6.45, 7) is 0.401. The number of carbonyl (C=O) groups is 1. The maximum Gasteiger partial charge on any atom is 0.422 e. The Balaban J connectivity index is 0.00000364. The number of nitrogens with one attached hydrogen (secondary N) is 1. The highest BCUT2D eigenvalue weighted by Crippen LogP contribution is 2.23. The summed E-state index contributed by atoms with van der Waals surface area (Å²) in [5, 5.41) is 2.65. The molecule has 1 amide bonds. The van der Waals surface area contributed by atoms with Crippen molar-refractivity contribution in [2.24, 2.45) is 5.73 Å². The highest BCUT2D eigenvalue weighted by atomic mass is 35.5. The summed E-state index contributed by atoms with van der Waals surface area (Å²) in [5.74, 6) is -0.282. The molecule has 2 aromatic rings. The normalized spacial score (nSPS) is 12.0. The fraction of sp³-hybridized carbons (Fsp3) is 0.316. The van der Waals surface area contributed by atoms with Crippen molar-refractivity contribution in [1.29, 1.82) is 0 Å². The van der Waals surface area contributed by atoms with E-state index in [1.807, 2.05) is 30.3 Å². The molecule has 0 radical (unpaired) electrons. The van der Waals surface area contributed by atoms with Gasteiger partial charge in [0.25, 0.3) is 0 Å². The summed E-state index contributed by atoms with van der Waals surface area (Å²) in [6.07, 6.45) is -4.06. The molecular formula is C19H22ClF3N2O2. The van der Waals surface area contributed by atoms with Crippen LogP contribution in [-0.4, -0.2) is 24.7 Å². The van der Waals surface area contributed by atoms with Crippen molar-refractivity contribution < 1.29 is 22.7 Å². The predicted octanol–water partition coefficient (Wildman–Crippen LogP) is 3.54. The summed E-state index contributed by atoms with van der Waals surface area (Å²) < 4.78 is 42.0. The lowest BCUT2D eigenvalue weighted by Crippen LogP contribution is -2.41. The van der Waals surface area contributed by atoms with Gasteiger partial charge in [-0.3, -0.25) is 4.79 Å². The maximum absolute atomic E-state index is 12.4. The molecule has 0 spiro atoms. The van der Waals surface area contributed by atoms with Gasteiger partial charge in [0.15, 0.2) is 6.61 Å². The molecule has 0 fully saturated rings. The molecule has 0 unspecified atom stereocenters. The van der Waals surface area contributed by atoms with E-state index in [4.69, 9.17) is 10.5 Å². The van der Waals surface area contributed by atoms with Crippen LogP contribution in [-0.2, 0) is 17.8 Å². The van der Waals surface area contributed by atoms with Crippen molar-refractivity contribution in [2.75, 3.05) is 6.61 Å². The molecule has 148 valence electrons. The lowest BCUT2D eigenvalue weighted by atomic mass is 10.1. The molecule has 0 aliphatic heterocycles. The molecule has 0 saturated carbocycles. The van der Waals surface area contributed by atoms with Crippen LogP contribution in [0, 0.1) is 6.92 Å². The van der Waals surface area contributed by atoms with Gasteiger partial charge in [0, 0.05) is 12.1 Å². The van der Waals surface area contributed by atoms with E-state index in [0.29, 0.717) is 12.0 Å². The Labute approximate surface area is 162 Å². The van der Waals surface area contributed by atoms with Gasteiger partial charge in [-0.1, -0.05) is 42.5 Å². The molecule has 2 rings (SSSR count). The van der Waals surface area contributed by atoms with Crippen molar-refractivity contribution in [2.45, 2.75) is 32.1 Å². The highest BCUT2D eigenvalue weighted by molar-refractivity contribution is 5.85. The fourth-order valence-electron chi connectivity index (χ4n) is 2.38. The number of hydrogen-bond donors (Lipinski definition) is 2. The minimum absolute atomic E-state index is 0. The second-order valence-corrected chi connectivity index (χ2v) is 6.03. The Bertz CT molecular complexity index is 739. The van der Waals surface area contributed by atoms with E-state index in [2.05, 4.69) is 5.32 Å². The van der Waals surface area contributed by atoms with Crippen molar-refractivity contribution in [3.63, 3.8) is 0 Å². The van der Waals surface area contributed by atoms with E-state index in [1.165, 1.54) is 6.07 Å². The van der Waals surface area contributed by atoms with Crippen LogP contribution in [0.25, 0.3) is 0 Å². The molecule has 1 atom stereocenters. The van der Waals surface area contributed by atoms with Gasteiger partial charge in [0.1, 0.15) is 5.75 Å². The minimum Gasteiger partial charge on any atom is -0.484 e. The van der Waals surface area contributed by atoms with Gasteiger partial charge >= 0.3 is 6.18 Å². The van der Waals surface area contributed by atoms with Crippen molar-refractivity contribution >= 4 is 18.3 Å². The first kappa shape index (κ1) is 22.8. The van der Waals surface area contributed by atoms with Crippen LogP contribution in [0.2, 0.25) is 0 Å². The maximum atomic E-state index is 12.4. The number of nitrogens with two attached hydrogens (primary N) is 1. The Morgan fingerprint density at radius 1 is 1.19 bits per heavy atom. The molecule has 0 saturated heterocycles. The average Bonchev–Trinajstić information content (AvgIpc) is 2.59. The topological polar surface area (TPSA) is 64.4 Å². The quantitative estimate of drug-likeness (QED) is 0.744. The van der Waals surface area contributed by atoms with Gasteiger partial charge < -0.3 is 15.8 Å². The first-order valence-corrected chi connectivity index (χ1v) is 8.11. The van der Waals surface area contributed by atoms with Gasteiger partial charge in [0.05, 0.1) is 6.04 Å². The fourth-order valence-corrected chi connectivity index (χ4v) is 2.38. The monoisotopic (exact) mass is 402 g/mol. The molecule has 0 heterocycles. The summed E-state index contributed by atoms with van der Waals surface area (Å²) in [7, 11) is 0. The number of alkyl halides is 3. The van der Waals surface area contributed by atoms with Gasteiger partial charge in [-0.15, -0.1) is 12.4 Å². The molecule has 0 bridgehead atoms. The summed E-state index contributed by atoms with van der Waals surface area (Å²) in [4.78, 5) is 12.2. The second kappa shape index (κ2) is 10.2. The smallest absolute Gasteiger partial charge is 0.422 e. The van der Waals surface area contributed by atoms with E-state index in [9.17, 15) is 18.0 Å². The number of benzene rings is 2. The summed E-state index contributed by atoms with van der Waals surface area (Å²) >= 11 is 0. The number of rotatable bonds is 7. The molecule has 27 heavy (non-hydrogen) atoms. The predicted molar refractivity (Wildman–Crippen MR) is 99.9 cm³/mol. The number of hydrogen-bond acceptors (Lipinski definition) is 3. The number of aryl methyl sites for hydroxylation is 1. The third-order valence-corrected chi connectivity index (χ3v) is 3.70. The second-order valence-electron chi connectivity index (χ2n) is 6.03. The lowest BCUT2D eigenvalue weighted by Gasteiger charge is -2.16. The van der Waals surface area contributed by atoms with Crippen LogP contribution in [0.3, 0.4) is 0 Å². The van der Waals surface area contributed by atoms with Crippen molar-refractivity contribution in [3.05, 3.63) is 65.2 Å². The average molecular weight is 403 g/mol. The third-order valence-electron chi connectivity index (χ3n) is 3.70. The van der Waals surface area contributed by atoms with E-state index in [1.54, 1.807) is 19.1 Å². The Kier molecular flexibility index (Phi) is 8.59. The molecule has 0 aromatic heterocycles. The number of ether oxygens (including phenoxy) is 1. The highest BCUT2D eigenvalue weighted by Gasteiger charge is 2.28. The van der Waals surface area contributed by atoms with Crippen LogP contribution >= 0.6 is 12.4 Å². The standard InChI is InChI=1S/C19H21F3N2O2.ClH/c1-13-7-8-15(17(9-13)26-12-19(20,21)22)11-24-18(25)16(23)10-14-5-3-2-4-6-14;/h2-9,16H,10-12,23H2,1H3,(H,24,25);1H/t16-;/m0./s1. The lowest BCUT2D eigenvalue weighted by molar-refractivity contribution is -0.153. The molecule has 0 aliphatic rings. The van der Waals surface area contributed by atoms with Crippen LogP contribution < -0.4 is 15.8 Å². The molecule has 0 aliphatic carbocycles. The largest absolute Gasteiger partial charge is 0.484 e. The zero-order valence-corrected chi connectivity index (χ0v) is 15.6. The summed E-state index contributed by atoms with van der Waals surface area (Å²) in [6, 6.07) is 13.5. The zero-order valence-electron chi connectivity index (χ0n) is 14.8. The first-order chi connectivity index (χ1) is 12.2. The third kappa shape index (κ3) is 7.88. The number of amides is 1. The molecular weight excluding hydrogens is 381 g/mol. The van der Waals surface area contributed by atoms with Gasteiger partial charge in [0.2, 0.25) is 5.91 Å². The van der Waals surface area contributed by atoms with Crippen LogP contribution in [0.4, 0.5) is 13.2 Å². The van der Waals surface area contributed by atoms with E-state index < -0.39 is 18.8 Å². The van der Waals surface area contributed by atoms with Crippen molar-refractivity contribution in [1.82, 2.24) is 5.32 Å². The van der Waals surface area contributed by atoms with Crippen molar-refractivity contribution in [3.8, 4) is 5.75 Å². The summed E-state index contributed by atoms with van der Waals surface area (Å²) in [5.41, 5.74) is 8.05. The van der Waals surface area contributed by atoms with Crippen LogP contribution in [0.5, 0.6) is 5.75 Å². The number of carbonyl (C=O) groups excluding carboxylic acids is 1. The van der Waals surface area contributed by atoms with Gasteiger partial charge in [-0.25, -0.2) is 0 Å². The molecule has 3 N–H and O–H groups in total. The first-order valence-electron chi connectivity index (χ1n) is 8.11. The molecule has 2 aromatic carbocycles. The van der Waals surface area contributed by atoms with Gasteiger partial charge in [-0.05, 0) is 30.5 Å². The SMILES string of the molecule is Cc1ccc(CNC(=O)[C@@H](N)Cc2ccccc2)c(OCC(F)(F)F)c1.Cl. The Hall–Kier alpha value is -2.25. The Morgan fingerprint density at radius 3 is 2.48 bits per heavy atom. The van der Waals surface area contributed by atoms with Gasteiger partial charge in [-0.2, -0.15) is 13.2 Å².